The number of ether oxygens (including phenoxy) is 1. The number of aryl methyl sites for hydroxylation is 2. The Kier molecular flexibility index (Phi) is 7.73. The van der Waals surface area contributed by atoms with Crippen molar-refractivity contribution in [2.75, 3.05) is 19.8 Å². The van der Waals surface area contributed by atoms with Crippen LogP contribution in [-0.4, -0.2) is 51.5 Å². The predicted octanol–water partition coefficient (Wildman–Crippen LogP) is 3.62. The SMILES string of the molecule is CC(C)OCCCn1cnc2sc3c(c2c1=O)CCC(N(CCO)Cc1ccccc1)C3. The average molecular weight is 456 g/mol. The van der Waals surface area contributed by atoms with Crippen molar-refractivity contribution in [3.05, 3.63) is 63.0 Å². The van der Waals surface area contributed by atoms with Crippen molar-refractivity contribution in [3.8, 4) is 0 Å². The highest BCUT2D eigenvalue weighted by Gasteiger charge is 2.28. The minimum atomic E-state index is 0.0759. The van der Waals surface area contributed by atoms with E-state index in [0.717, 1.165) is 42.4 Å². The first-order valence-electron chi connectivity index (χ1n) is 11.6. The maximum Gasteiger partial charge on any atom is 0.262 e. The Morgan fingerprint density at radius 1 is 1.31 bits per heavy atom. The van der Waals surface area contributed by atoms with Crippen molar-refractivity contribution in [2.24, 2.45) is 0 Å². The van der Waals surface area contributed by atoms with Gasteiger partial charge in [-0.05, 0) is 50.7 Å². The molecule has 0 saturated carbocycles. The summed E-state index contributed by atoms with van der Waals surface area (Å²) in [4.78, 5) is 22.3. The number of hydrogen-bond donors (Lipinski definition) is 1. The summed E-state index contributed by atoms with van der Waals surface area (Å²) in [5.74, 6) is 0. The van der Waals surface area contributed by atoms with E-state index < -0.39 is 0 Å². The summed E-state index contributed by atoms with van der Waals surface area (Å²) in [5, 5.41) is 10.5. The second kappa shape index (κ2) is 10.7. The standard InChI is InChI=1S/C25H33N3O3S/c1-18(2)31-14-6-11-28-17-26-24-23(25(28)30)21-10-9-20(15-22(21)32-24)27(12-13-29)16-19-7-4-3-5-8-19/h3-5,7-8,17-18,20,29H,6,9-16H2,1-2H3. The van der Waals surface area contributed by atoms with E-state index in [-0.39, 0.29) is 18.3 Å². The summed E-state index contributed by atoms with van der Waals surface area (Å²) in [6.07, 6.45) is 5.47. The maximum absolute atomic E-state index is 13.2. The van der Waals surface area contributed by atoms with Crippen LogP contribution in [0.5, 0.6) is 0 Å². The molecule has 4 rings (SSSR count). The predicted molar refractivity (Wildman–Crippen MR) is 129 cm³/mol. The van der Waals surface area contributed by atoms with Crippen LogP contribution in [0.2, 0.25) is 0 Å². The minimum absolute atomic E-state index is 0.0759. The number of fused-ring (bicyclic) bond motifs is 3. The molecular weight excluding hydrogens is 422 g/mol. The summed E-state index contributed by atoms with van der Waals surface area (Å²) in [7, 11) is 0. The number of benzene rings is 1. The second-order valence-corrected chi connectivity index (χ2v) is 9.86. The Labute approximate surface area is 193 Å². The summed E-state index contributed by atoms with van der Waals surface area (Å²) in [6.45, 7) is 6.95. The van der Waals surface area contributed by atoms with Crippen LogP contribution in [0.15, 0.2) is 41.5 Å². The summed E-state index contributed by atoms with van der Waals surface area (Å²) >= 11 is 1.66. The summed E-state index contributed by atoms with van der Waals surface area (Å²) < 4.78 is 7.34. The molecule has 1 aliphatic rings. The molecule has 0 spiro atoms. The monoisotopic (exact) mass is 455 g/mol. The molecule has 0 fully saturated rings. The van der Waals surface area contributed by atoms with E-state index in [2.05, 4.69) is 34.1 Å². The van der Waals surface area contributed by atoms with Crippen molar-refractivity contribution in [1.82, 2.24) is 14.5 Å². The van der Waals surface area contributed by atoms with Gasteiger partial charge in [0.25, 0.3) is 5.56 Å². The maximum atomic E-state index is 13.2. The molecule has 7 heteroatoms. The van der Waals surface area contributed by atoms with Crippen LogP contribution in [-0.2, 0) is 30.7 Å². The van der Waals surface area contributed by atoms with Gasteiger partial charge in [0.2, 0.25) is 0 Å². The fraction of sp³-hybridized carbons (Fsp3) is 0.520. The van der Waals surface area contributed by atoms with Gasteiger partial charge in [0, 0.05) is 37.2 Å². The molecule has 1 N–H and O–H groups in total. The first kappa shape index (κ1) is 23.1. The Morgan fingerprint density at radius 2 is 2.12 bits per heavy atom. The Hall–Kier alpha value is -2.06. The van der Waals surface area contributed by atoms with Crippen LogP contribution in [0, 0.1) is 0 Å². The number of aromatic nitrogens is 2. The van der Waals surface area contributed by atoms with Crippen molar-refractivity contribution in [1.29, 1.82) is 0 Å². The van der Waals surface area contributed by atoms with E-state index in [4.69, 9.17) is 4.74 Å². The molecule has 32 heavy (non-hydrogen) atoms. The van der Waals surface area contributed by atoms with E-state index in [1.54, 1.807) is 22.2 Å². The molecule has 6 nitrogen and oxygen atoms in total. The highest BCUT2D eigenvalue weighted by molar-refractivity contribution is 7.18. The van der Waals surface area contributed by atoms with Gasteiger partial charge in [0.05, 0.1) is 24.4 Å². The zero-order valence-electron chi connectivity index (χ0n) is 19.0. The minimum Gasteiger partial charge on any atom is -0.395 e. The van der Waals surface area contributed by atoms with Crippen molar-refractivity contribution in [2.45, 2.75) is 64.8 Å². The molecule has 1 unspecified atom stereocenters. The molecule has 2 aromatic heterocycles. The molecule has 1 aromatic carbocycles. The third-order valence-corrected chi connectivity index (χ3v) is 7.30. The Morgan fingerprint density at radius 3 is 2.88 bits per heavy atom. The lowest BCUT2D eigenvalue weighted by molar-refractivity contribution is 0.0747. The molecule has 2 heterocycles. The first-order chi connectivity index (χ1) is 15.6. The normalized spacial score (nSPS) is 16.2. The highest BCUT2D eigenvalue weighted by atomic mass is 32.1. The van der Waals surface area contributed by atoms with Crippen molar-refractivity contribution in [3.63, 3.8) is 0 Å². The lowest BCUT2D eigenvalue weighted by Crippen LogP contribution is -2.40. The second-order valence-electron chi connectivity index (χ2n) is 8.78. The topological polar surface area (TPSA) is 67.6 Å². The van der Waals surface area contributed by atoms with Gasteiger partial charge in [-0.25, -0.2) is 4.98 Å². The van der Waals surface area contributed by atoms with Crippen LogP contribution in [0.1, 0.15) is 42.7 Å². The van der Waals surface area contributed by atoms with Gasteiger partial charge in [0.15, 0.2) is 0 Å². The molecule has 0 amide bonds. The fourth-order valence-electron chi connectivity index (χ4n) is 4.55. The molecule has 1 aliphatic carbocycles. The number of rotatable bonds is 10. The van der Waals surface area contributed by atoms with E-state index in [1.807, 2.05) is 19.9 Å². The molecule has 3 aromatic rings. The molecule has 0 saturated heterocycles. The highest BCUT2D eigenvalue weighted by Crippen LogP contribution is 2.35. The summed E-state index contributed by atoms with van der Waals surface area (Å²) in [5.41, 5.74) is 2.52. The third-order valence-electron chi connectivity index (χ3n) is 6.14. The average Bonchev–Trinajstić information content (AvgIpc) is 3.17. The third kappa shape index (κ3) is 5.29. The number of aliphatic hydroxyl groups excluding tert-OH is 1. The molecule has 0 aliphatic heterocycles. The number of thiophene rings is 1. The van der Waals surface area contributed by atoms with Crippen molar-refractivity contribution >= 4 is 21.6 Å². The zero-order chi connectivity index (χ0) is 22.5. The van der Waals surface area contributed by atoms with Gasteiger partial charge in [-0.2, -0.15) is 0 Å². The van der Waals surface area contributed by atoms with Crippen LogP contribution >= 0.6 is 11.3 Å². The molecular formula is C25H33N3O3S. The quantitative estimate of drug-likeness (QED) is 0.473. The van der Waals surface area contributed by atoms with Crippen LogP contribution in [0.25, 0.3) is 10.2 Å². The Bertz CT molecular complexity index is 1080. The van der Waals surface area contributed by atoms with Crippen molar-refractivity contribution < 1.29 is 9.84 Å². The van der Waals surface area contributed by atoms with Crippen LogP contribution < -0.4 is 5.56 Å². The lowest BCUT2D eigenvalue weighted by atomic mass is 9.91. The van der Waals surface area contributed by atoms with Gasteiger partial charge in [-0.15, -0.1) is 11.3 Å². The molecule has 172 valence electrons. The van der Waals surface area contributed by atoms with Gasteiger partial charge >= 0.3 is 0 Å². The fourth-order valence-corrected chi connectivity index (χ4v) is 5.79. The first-order valence-corrected chi connectivity index (χ1v) is 12.4. The Balaban J connectivity index is 1.51. The van der Waals surface area contributed by atoms with E-state index in [1.165, 1.54) is 16.0 Å². The lowest BCUT2D eigenvalue weighted by Gasteiger charge is -2.34. The molecule has 0 bridgehead atoms. The molecule has 0 radical (unpaired) electrons. The van der Waals surface area contributed by atoms with Gasteiger partial charge in [-0.1, -0.05) is 30.3 Å². The van der Waals surface area contributed by atoms with Gasteiger partial charge < -0.3 is 9.84 Å². The van der Waals surface area contributed by atoms with Gasteiger partial charge in [-0.3, -0.25) is 14.3 Å². The summed E-state index contributed by atoms with van der Waals surface area (Å²) in [6, 6.07) is 10.8. The number of nitrogens with zero attached hydrogens (tertiary/aromatic N) is 3. The van der Waals surface area contributed by atoms with E-state index in [0.29, 0.717) is 25.7 Å². The van der Waals surface area contributed by atoms with E-state index >= 15 is 0 Å². The van der Waals surface area contributed by atoms with Gasteiger partial charge in [0.1, 0.15) is 4.83 Å². The number of aliphatic hydroxyl groups is 1. The largest absolute Gasteiger partial charge is 0.395 e. The number of hydrogen-bond acceptors (Lipinski definition) is 6. The van der Waals surface area contributed by atoms with E-state index in [9.17, 15) is 9.90 Å². The zero-order valence-corrected chi connectivity index (χ0v) is 19.8. The molecule has 1 atom stereocenters. The van der Waals surface area contributed by atoms with Crippen LogP contribution in [0.3, 0.4) is 0 Å². The smallest absolute Gasteiger partial charge is 0.262 e. The van der Waals surface area contributed by atoms with Crippen LogP contribution in [0.4, 0.5) is 0 Å².